The molecule has 18 heteroatoms. The van der Waals surface area contributed by atoms with E-state index in [2.05, 4.69) is 130 Å². The van der Waals surface area contributed by atoms with Gasteiger partial charge in [0.15, 0.2) is 0 Å². The Hall–Kier alpha value is -5.96. The lowest BCUT2D eigenvalue weighted by Gasteiger charge is -2.46. The van der Waals surface area contributed by atoms with Crippen molar-refractivity contribution in [3.8, 4) is 0 Å². The van der Waals surface area contributed by atoms with E-state index in [-0.39, 0.29) is 58.7 Å². The van der Waals surface area contributed by atoms with E-state index in [1.54, 1.807) is 24.3 Å². The summed E-state index contributed by atoms with van der Waals surface area (Å²) >= 11 is 0. The zero-order valence-electron chi connectivity index (χ0n) is 50.7. The number of anilines is 2. The molecule has 0 bridgehead atoms. The van der Waals surface area contributed by atoms with Crippen molar-refractivity contribution in [1.82, 2.24) is 50.0 Å². The van der Waals surface area contributed by atoms with Crippen LogP contribution in [-0.2, 0) is 46.4 Å². The van der Waals surface area contributed by atoms with E-state index in [0.717, 1.165) is 126 Å². The summed E-state index contributed by atoms with van der Waals surface area (Å²) in [7, 11) is 0. The third-order valence-corrected chi connectivity index (χ3v) is 19.0. The van der Waals surface area contributed by atoms with E-state index in [1.807, 2.05) is 21.9 Å². The fraction of sp³-hybridized carbons (Fsp3) is 0.545. The molecule has 450 valence electrons. The number of halogens is 2. The number of pyridine rings is 2. The van der Waals surface area contributed by atoms with Gasteiger partial charge in [0.2, 0.25) is 11.8 Å². The predicted molar refractivity (Wildman–Crippen MR) is 328 cm³/mol. The Morgan fingerprint density at radius 1 is 0.512 bits per heavy atom. The van der Waals surface area contributed by atoms with Gasteiger partial charge in [-0.1, -0.05) is 76.2 Å². The van der Waals surface area contributed by atoms with Crippen LogP contribution < -0.4 is 31.6 Å². The van der Waals surface area contributed by atoms with Crippen LogP contribution in [0, 0.1) is 11.6 Å². The molecule has 16 nitrogen and oxygen atoms in total. The Morgan fingerprint density at radius 3 is 1.25 bits per heavy atom. The summed E-state index contributed by atoms with van der Waals surface area (Å²) in [4.78, 5) is 80.5. The lowest BCUT2D eigenvalue weighted by molar-refractivity contribution is -0.121. The second-order valence-electron chi connectivity index (χ2n) is 26.9. The minimum atomic E-state index is -0.412. The molecule has 8 heterocycles. The number of amides is 2. The number of H-pyrrole nitrogens is 2. The number of nitrogens with one attached hydrogen (secondary N) is 4. The van der Waals surface area contributed by atoms with Gasteiger partial charge in [-0.05, 0) is 86.3 Å². The molecule has 0 saturated carbocycles. The van der Waals surface area contributed by atoms with Crippen molar-refractivity contribution >= 4 is 23.2 Å². The summed E-state index contributed by atoms with van der Waals surface area (Å²) < 4.78 is 27.3. The molecule has 4 N–H and O–H groups in total. The third-order valence-electron chi connectivity index (χ3n) is 19.0. The Bertz CT molecular complexity index is 3060. The molecule has 4 fully saturated rings. The number of benzene rings is 3. The van der Waals surface area contributed by atoms with Gasteiger partial charge in [0, 0.05) is 187 Å². The molecule has 5 aromatic rings. The molecule has 4 saturated heterocycles. The van der Waals surface area contributed by atoms with Gasteiger partial charge in [-0.3, -0.25) is 48.6 Å². The molecule has 6 aliphatic heterocycles. The second-order valence-corrected chi connectivity index (χ2v) is 26.9. The molecule has 0 spiro atoms. The first-order valence-corrected chi connectivity index (χ1v) is 30.7. The Kier molecular flexibility index (Phi) is 17.6. The van der Waals surface area contributed by atoms with Gasteiger partial charge in [0.05, 0.1) is 24.5 Å². The number of piperazine rings is 4. The Labute approximate surface area is 494 Å². The number of carbonyl (C=O) groups is 2. The number of rotatable bonds is 16. The van der Waals surface area contributed by atoms with Crippen LogP contribution in [0.1, 0.15) is 100 Å². The minimum absolute atomic E-state index is 0.0356. The molecular formula is C66H88F2N12O4. The maximum atomic E-state index is 14.4. The van der Waals surface area contributed by atoms with Crippen molar-refractivity contribution in [2.45, 2.75) is 128 Å². The average Bonchev–Trinajstić information content (AvgIpc) is 2.89. The van der Waals surface area contributed by atoms with Crippen LogP contribution in [-0.4, -0.2) is 192 Å². The average molecular weight is 1150 g/mol. The highest BCUT2D eigenvalue weighted by Gasteiger charge is 2.43. The van der Waals surface area contributed by atoms with E-state index in [9.17, 15) is 28.0 Å². The molecule has 0 aliphatic carbocycles. The monoisotopic (exact) mass is 1150 g/mol. The molecular weight excluding hydrogens is 1060 g/mol. The van der Waals surface area contributed by atoms with Crippen LogP contribution in [0.25, 0.3) is 0 Å². The van der Waals surface area contributed by atoms with Crippen LogP contribution in [0.5, 0.6) is 0 Å². The number of nitrogens with zero attached hydrogens (tertiary/aromatic N) is 8. The maximum absolute atomic E-state index is 14.4. The van der Waals surface area contributed by atoms with Crippen LogP contribution in [0.2, 0.25) is 0 Å². The molecule has 2 aromatic heterocycles. The smallest absolute Gasteiger partial charge is 0.251 e. The molecule has 2 amide bonds. The van der Waals surface area contributed by atoms with E-state index in [0.29, 0.717) is 62.2 Å². The number of fused-ring (bicyclic) bond motifs is 2. The summed E-state index contributed by atoms with van der Waals surface area (Å²) in [5.41, 5.74) is 7.36. The van der Waals surface area contributed by atoms with Crippen LogP contribution >= 0.6 is 0 Å². The summed E-state index contributed by atoms with van der Waals surface area (Å²) in [5.74, 6) is -0.565. The van der Waals surface area contributed by atoms with Gasteiger partial charge < -0.3 is 30.4 Å². The predicted octanol–water partition coefficient (Wildman–Crippen LogP) is 5.51. The molecule has 3 aromatic carbocycles. The Balaban J connectivity index is 0.643. The number of aromatic nitrogens is 2. The lowest BCUT2D eigenvalue weighted by atomic mass is 9.91. The highest BCUT2D eigenvalue weighted by Crippen LogP contribution is 2.41. The van der Waals surface area contributed by atoms with E-state index < -0.39 is 10.8 Å². The molecule has 6 atom stereocenters. The quantitative estimate of drug-likeness (QED) is 0.0988. The number of hydrogen-bond donors (Lipinski definition) is 4. The number of carbonyl (C=O) groups excluding carboxylic acids is 2. The van der Waals surface area contributed by atoms with Gasteiger partial charge in [-0.25, -0.2) is 8.78 Å². The molecule has 0 unspecified atom stereocenters. The van der Waals surface area contributed by atoms with Crippen molar-refractivity contribution in [2.24, 2.45) is 0 Å². The van der Waals surface area contributed by atoms with E-state index in [1.165, 1.54) is 35.4 Å². The summed E-state index contributed by atoms with van der Waals surface area (Å²) in [6.45, 7) is 31.4. The van der Waals surface area contributed by atoms with Gasteiger partial charge in [0.25, 0.3) is 11.1 Å². The molecule has 6 aliphatic rings. The number of hydrogen-bond acceptors (Lipinski definition) is 12. The zero-order chi connectivity index (χ0) is 59.2. The first-order chi connectivity index (χ1) is 40.1. The zero-order valence-corrected chi connectivity index (χ0v) is 50.7. The van der Waals surface area contributed by atoms with Gasteiger partial charge in [-0.15, -0.1) is 0 Å². The van der Waals surface area contributed by atoms with Crippen molar-refractivity contribution in [3.05, 3.63) is 162 Å². The second kappa shape index (κ2) is 24.8. The van der Waals surface area contributed by atoms with E-state index in [4.69, 9.17) is 0 Å². The van der Waals surface area contributed by atoms with Crippen LogP contribution in [0.3, 0.4) is 0 Å². The van der Waals surface area contributed by atoms with Gasteiger partial charge in [-0.2, -0.15) is 0 Å². The standard InChI is InChI=1S/C66H88F2N12O4/c1-43-31-77(39-59(81)79-41-65(5,6)61-57(79)27-51(63(83)71-61)25-47-13-17-53(67)18-14-47)55(29-69-43)37-75-23-21-73(33-45(75)3)35-49-9-11-50(12-10-49)36-74-22-24-76(46(4)34-74)38-56-30-70-44(2)32-78(56)40-60(82)80-42-66(7,8)62-58(80)28-52(64(84)72-62)26-48-15-19-54(68)20-16-48/h9-20,27-28,43-46,55-56,69-70H,21-26,29-42H2,1-8H3,(H,71,83)(H,72,84)/t43-,44-,45-,46-,55-,56-/m1/s1. The first kappa shape index (κ1) is 59.8. The van der Waals surface area contributed by atoms with Crippen molar-refractivity contribution < 1.29 is 18.4 Å². The van der Waals surface area contributed by atoms with Crippen molar-refractivity contribution in [1.29, 1.82) is 0 Å². The summed E-state index contributed by atoms with van der Waals surface area (Å²) in [6.07, 6.45) is 0.701. The largest absolute Gasteiger partial charge is 0.323 e. The maximum Gasteiger partial charge on any atom is 0.251 e. The fourth-order valence-electron chi connectivity index (χ4n) is 14.2. The van der Waals surface area contributed by atoms with Crippen LogP contribution in [0.15, 0.2) is 94.5 Å². The lowest BCUT2D eigenvalue weighted by Crippen LogP contribution is -2.63. The SMILES string of the molecule is C[C@@H]1CN(CC(=O)N2CC(C)(C)c3[nH]c(=O)c(Cc4ccc(F)cc4)cc32)[C@@H](CN2CCN(Cc3ccc(CN4CCN(C[C@H]5CN[C@H](C)CN5CC(=O)N5CC(C)(C)c6[nH]c(=O)c(Cc7ccc(F)cc7)cc65)[C@H](C)C4)cc3)C[C@H]2C)CN1. The van der Waals surface area contributed by atoms with Gasteiger partial charge >= 0.3 is 0 Å². The van der Waals surface area contributed by atoms with Crippen molar-refractivity contribution in [3.63, 3.8) is 0 Å². The molecule has 84 heavy (non-hydrogen) atoms. The number of aromatic amines is 2. The summed E-state index contributed by atoms with van der Waals surface area (Å²) in [6, 6.07) is 27.0. The van der Waals surface area contributed by atoms with E-state index >= 15 is 0 Å². The van der Waals surface area contributed by atoms with Crippen LogP contribution in [0.4, 0.5) is 20.2 Å². The third kappa shape index (κ3) is 13.5. The normalized spacial score (nSPS) is 25.3. The molecule has 11 rings (SSSR count). The minimum Gasteiger partial charge on any atom is -0.323 e. The topological polar surface area (TPSA) is 150 Å². The molecule has 0 radical (unpaired) electrons. The highest BCUT2D eigenvalue weighted by atomic mass is 19.1. The van der Waals surface area contributed by atoms with Crippen molar-refractivity contribution in [2.75, 3.05) is 115 Å². The first-order valence-electron chi connectivity index (χ1n) is 30.7. The highest BCUT2D eigenvalue weighted by molar-refractivity contribution is 5.98. The fourth-order valence-corrected chi connectivity index (χ4v) is 14.2. The van der Waals surface area contributed by atoms with Gasteiger partial charge in [0.1, 0.15) is 11.6 Å². The summed E-state index contributed by atoms with van der Waals surface area (Å²) in [5, 5.41) is 7.39. The Morgan fingerprint density at radius 2 is 0.881 bits per heavy atom.